The van der Waals surface area contributed by atoms with Gasteiger partial charge in [0.1, 0.15) is 4.88 Å². The number of halogens is 1. The number of sulfonamides is 1. The molecular weight excluding hydrogens is 394 g/mol. The molecule has 2 heterocycles. The van der Waals surface area contributed by atoms with Crippen LogP contribution in [-0.4, -0.2) is 39.6 Å². The van der Waals surface area contributed by atoms with Crippen molar-refractivity contribution in [1.29, 1.82) is 0 Å². The van der Waals surface area contributed by atoms with E-state index >= 15 is 0 Å². The number of rotatable bonds is 8. The minimum Gasteiger partial charge on any atom is -0.453 e. The van der Waals surface area contributed by atoms with Crippen LogP contribution in [0, 0.1) is 0 Å². The molecule has 0 fully saturated rings. The van der Waals surface area contributed by atoms with Gasteiger partial charge in [-0.3, -0.25) is 4.79 Å². The maximum atomic E-state index is 12.0. The van der Waals surface area contributed by atoms with E-state index in [0.717, 1.165) is 22.5 Å². The molecule has 10 heteroatoms. The summed E-state index contributed by atoms with van der Waals surface area (Å²) in [5, 5.41) is 0. The third-order valence-corrected chi connectivity index (χ3v) is 5.91. The highest BCUT2D eigenvalue weighted by Gasteiger charge is 2.15. The molecule has 24 heavy (non-hydrogen) atoms. The number of thiophene rings is 2. The number of ketones is 1. The lowest BCUT2D eigenvalue weighted by Gasteiger charge is -2.01. The van der Waals surface area contributed by atoms with Crippen molar-refractivity contribution < 1.29 is 22.7 Å². The minimum absolute atomic E-state index is 0.265. The van der Waals surface area contributed by atoms with Gasteiger partial charge in [0.05, 0.1) is 15.5 Å². The molecule has 2 rings (SSSR count). The molecule has 0 radical (unpaired) electrons. The van der Waals surface area contributed by atoms with Gasteiger partial charge in [0.15, 0.2) is 6.61 Å². The molecule has 0 saturated heterocycles. The Bertz CT molecular complexity index is 840. The SMILES string of the molecule is CS(=O)(=O)NCCc1ccc(C(=O)COC(=O)c2ccc(Cl)s2)s1. The molecule has 0 spiro atoms. The first-order valence-electron chi connectivity index (χ1n) is 6.73. The largest absolute Gasteiger partial charge is 0.453 e. The monoisotopic (exact) mass is 407 g/mol. The van der Waals surface area contributed by atoms with Crippen LogP contribution in [0.15, 0.2) is 24.3 Å². The molecular formula is C14H14ClNO5S3. The van der Waals surface area contributed by atoms with Gasteiger partial charge in [0.2, 0.25) is 15.8 Å². The van der Waals surface area contributed by atoms with Gasteiger partial charge in [-0.15, -0.1) is 22.7 Å². The number of hydrogen-bond donors (Lipinski definition) is 1. The van der Waals surface area contributed by atoms with Crippen LogP contribution in [0.25, 0.3) is 0 Å². The van der Waals surface area contributed by atoms with Crippen molar-refractivity contribution in [3.8, 4) is 0 Å². The van der Waals surface area contributed by atoms with E-state index in [0.29, 0.717) is 20.5 Å². The van der Waals surface area contributed by atoms with E-state index in [2.05, 4.69) is 4.72 Å². The van der Waals surface area contributed by atoms with Crippen molar-refractivity contribution in [3.63, 3.8) is 0 Å². The zero-order chi connectivity index (χ0) is 17.7. The summed E-state index contributed by atoms with van der Waals surface area (Å²) >= 11 is 8.07. The second-order valence-electron chi connectivity index (χ2n) is 4.79. The molecule has 1 N–H and O–H groups in total. The first-order chi connectivity index (χ1) is 11.2. The molecule has 6 nitrogen and oxygen atoms in total. The summed E-state index contributed by atoms with van der Waals surface area (Å²) in [6.45, 7) is -0.0863. The van der Waals surface area contributed by atoms with Crippen molar-refractivity contribution in [1.82, 2.24) is 4.72 Å². The van der Waals surface area contributed by atoms with Gasteiger partial charge in [0.25, 0.3) is 0 Å². The number of Topliss-reactive ketones (excluding diaryl/α,β-unsaturated/α-hetero) is 1. The van der Waals surface area contributed by atoms with E-state index in [9.17, 15) is 18.0 Å². The van der Waals surface area contributed by atoms with Crippen molar-refractivity contribution in [2.24, 2.45) is 0 Å². The molecule has 0 aromatic carbocycles. The molecule has 0 aliphatic heterocycles. The van der Waals surface area contributed by atoms with Gasteiger partial charge < -0.3 is 4.74 Å². The number of carbonyl (C=O) groups excluding carboxylic acids is 2. The number of carbonyl (C=O) groups is 2. The summed E-state index contributed by atoms with van der Waals surface area (Å²) in [6, 6.07) is 6.51. The summed E-state index contributed by atoms with van der Waals surface area (Å²) in [5.74, 6) is -0.896. The quantitative estimate of drug-likeness (QED) is 0.536. The number of ether oxygens (including phenoxy) is 1. The van der Waals surface area contributed by atoms with Crippen LogP contribution in [0.1, 0.15) is 24.2 Å². The van der Waals surface area contributed by atoms with Crippen molar-refractivity contribution in [3.05, 3.63) is 43.2 Å². The Morgan fingerprint density at radius 2 is 1.88 bits per heavy atom. The highest BCUT2D eigenvalue weighted by atomic mass is 35.5. The number of esters is 1. The Morgan fingerprint density at radius 1 is 1.17 bits per heavy atom. The van der Waals surface area contributed by atoms with Gasteiger partial charge in [-0.05, 0) is 30.7 Å². The fourth-order valence-corrected chi connectivity index (χ4v) is 4.06. The van der Waals surface area contributed by atoms with Crippen LogP contribution in [-0.2, 0) is 21.2 Å². The second-order valence-corrected chi connectivity index (χ2v) is 9.50. The molecule has 0 amide bonds. The lowest BCUT2D eigenvalue weighted by Crippen LogP contribution is -2.24. The van der Waals surface area contributed by atoms with Crippen LogP contribution in [0.3, 0.4) is 0 Å². The van der Waals surface area contributed by atoms with Crippen molar-refractivity contribution >= 4 is 56.1 Å². The van der Waals surface area contributed by atoms with Crippen LogP contribution in [0.2, 0.25) is 4.34 Å². The molecule has 2 aromatic rings. The summed E-state index contributed by atoms with van der Waals surface area (Å²) in [7, 11) is -3.22. The van der Waals surface area contributed by atoms with E-state index in [-0.39, 0.29) is 18.9 Å². The molecule has 0 bridgehead atoms. The average molecular weight is 408 g/mol. The Morgan fingerprint density at radius 3 is 2.50 bits per heavy atom. The molecule has 2 aromatic heterocycles. The van der Waals surface area contributed by atoms with E-state index in [4.69, 9.17) is 16.3 Å². The Kier molecular flexibility index (Phi) is 6.53. The molecule has 0 aliphatic carbocycles. The van der Waals surface area contributed by atoms with E-state index in [1.807, 2.05) is 0 Å². The second kappa shape index (κ2) is 8.21. The van der Waals surface area contributed by atoms with Crippen LogP contribution < -0.4 is 4.72 Å². The molecule has 130 valence electrons. The average Bonchev–Trinajstić information content (AvgIpc) is 3.12. The van der Waals surface area contributed by atoms with Crippen LogP contribution >= 0.6 is 34.3 Å². The number of hydrogen-bond acceptors (Lipinski definition) is 7. The third kappa shape index (κ3) is 5.99. The first-order valence-corrected chi connectivity index (χ1v) is 10.6. The Labute approximate surface area is 152 Å². The van der Waals surface area contributed by atoms with E-state index < -0.39 is 16.0 Å². The maximum absolute atomic E-state index is 12.0. The number of nitrogens with one attached hydrogen (secondary N) is 1. The fourth-order valence-electron chi connectivity index (χ4n) is 1.72. The Hall–Kier alpha value is -1.26. The molecule has 0 saturated carbocycles. The first kappa shape index (κ1) is 19.1. The standard InChI is InChI=1S/C14H14ClNO5S3/c1-24(19,20)16-7-6-9-2-3-11(22-9)10(17)8-21-14(18)12-4-5-13(15)23-12/h2-5,16H,6-8H2,1H3. The van der Waals surface area contributed by atoms with Gasteiger partial charge >= 0.3 is 5.97 Å². The normalized spacial score (nSPS) is 11.4. The molecule has 0 atom stereocenters. The minimum atomic E-state index is -3.22. The van der Waals surface area contributed by atoms with E-state index in [1.54, 1.807) is 18.2 Å². The predicted octanol–water partition coefficient (Wildman–Crippen LogP) is 2.59. The van der Waals surface area contributed by atoms with Gasteiger partial charge in [0, 0.05) is 11.4 Å². The lowest BCUT2D eigenvalue weighted by atomic mass is 10.3. The smallest absolute Gasteiger partial charge is 0.348 e. The predicted molar refractivity (Wildman–Crippen MR) is 94.8 cm³/mol. The third-order valence-electron chi connectivity index (χ3n) is 2.78. The van der Waals surface area contributed by atoms with E-state index in [1.165, 1.54) is 17.4 Å². The van der Waals surface area contributed by atoms with Crippen LogP contribution in [0.5, 0.6) is 0 Å². The highest BCUT2D eigenvalue weighted by Crippen LogP contribution is 2.22. The fraction of sp³-hybridized carbons (Fsp3) is 0.286. The zero-order valence-electron chi connectivity index (χ0n) is 12.6. The van der Waals surface area contributed by atoms with Gasteiger partial charge in [-0.2, -0.15) is 0 Å². The molecule has 0 unspecified atom stereocenters. The van der Waals surface area contributed by atoms with Crippen LogP contribution in [0.4, 0.5) is 0 Å². The van der Waals surface area contributed by atoms with Crippen molar-refractivity contribution in [2.75, 3.05) is 19.4 Å². The van der Waals surface area contributed by atoms with Crippen molar-refractivity contribution in [2.45, 2.75) is 6.42 Å². The summed E-state index contributed by atoms with van der Waals surface area (Å²) in [4.78, 5) is 25.4. The Balaban J connectivity index is 1.83. The highest BCUT2D eigenvalue weighted by molar-refractivity contribution is 7.88. The molecule has 0 aliphatic rings. The summed E-state index contributed by atoms with van der Waals surface area (Å²) in [6.07, 6.45) is 1.57. The van der Waals surface area contributed by atoms with Gasteiger partial charge in [-0.25, -0.2) is 17.9 Å². The lowest BCUT2D eigenvalue weighted by molar-refractivity contribution is 0.0480. The maximum Gasteiger partial charge on any atom is 0.348 e. The van der Waals surface area contributed by atoms with Gasteiger partial charge in [-0.1, -0.05) is 11.6 Å². The zero-order valence-corrected chi connectivity index (χ0v) is 15.8. The topological polar surface area (TPSA) is 89.5 Å². The summed E-state index contributed by atoms with van der Waals surface area (Å²) in [5.41, 5.74) is 0. The summed E-state index contributed by atoms with van der Waals surface area (Å²) < 4.78 is 29.8.